The third-order valence-electron chi connectivity index (χ3n) is 5.06. The van der Waals surface area contributed by atoms with E-state index >= 15 is 0 Å². The zero-order valence-corrected chi connectivity index (χ0v) is 19.9. The highest BCUT2D eigenvalue weighted by molar-refractivity contribution is 5.80. The number of likely N-dealkylation sites (tertiary alicyclic amines) is 1. The highest BCUT2D eigenvalue weighted by Gasteiger charge is 2.56. The molecule has 2 amide bonds. The Bertz CT molecular complexity index is 462. The minimum Gasteiger partial charge on any atom is -0.444 e. The van der Waals surface area contributed by atoms with E-state index in [-0.39, 0.29) is 24.8 Å². The molecule has 0 unspecified atom stereocenters. The molecule has 0 atom stereocenters. The van der Waals surface area contributed by atoms with Gasteiger partial charge in [-0.25, -0.2) is 4.79 Å². The molecule has 1 saturated carbocycles. The summed E-state index contributed by atoms with van der Waals surface area (Å²) in [5.41, 5.74) is -0.287. The van der Waals surface area contributed by atoms with Crippen molar-refractivity contribution in [3.63, 3.8) is 0 Å². The molecule has 6 heteroatoms. The molecule has 168 valence electrons. The molecule has 1 saturated heterocycles. The number of ether oxygens (including phenoxy) is 1. The van der Waals surface area contributed by atoms with Gasteiger partial charge >= 0.3 is 6.09 Å². The molecule has 28 heavy (non-hydrogen) atoms. The van der Waals surface area contributed by atoms with Crippen LogP contribution in [0, 0.1) is 11.3 Å². The quantitative estimate of drug-likeness (QED) is 0.717. The lowest BCUT2D eigenvalue weighted by molar-refractivity contribution is -0.142. The number of carbonyl (C=O) groups excluding carboxylic acids is 2. The van der Waals surface area contributed by atoms with Crippen molar-refractivity contribution >= 4 is 12.0 Å². The van der Waals surface area contributed by atoms with Crippen LogP contribution in [-0.4, -0.2) is 66.7 Å². The summed E-state index contributed by atoms with van der Waals surface area (Å²) >= 11 is 0. The molecule has 2 rings (SSSR count). The monoisotopic (exact) mass is 401 g/mol. The Morgan fingerprint density at radius 1 is 1.11 bits per heavy atom. The number of amides is 2. The van der Waals surface area contributed by atoms with E-state index in [0.717, 1.165) is 45.6 Å². The maximum Gasteiger partial charge on any atom is 0.410 e. The van der Waals surface area contributed by atoms with Crippen LogP contribution in [0.1, 0.15) is 76.6 Å². The normalized spacial score (nSPS) is 17.4. The molecule has 1 spiro atoms. The summed E-state index contributed by atoms with van der Waals surface area (Å²) in [6, 6.07) is 0. The molecule has 1 N–H and O–H groups in total. The molecule has 1 heterocycles. The Labute approximate surface area is 174 Å². The van der Waals surface area contributed by atoms with Gasteiger partial charge in [0.1, 0.15) is 5.60 Å². The van der Waals surface area contributed by atoms with Crippen molar-refractivity contribution in [2.45, 2.75) is 80.8 Å². The van der Waals surface area contributed by atoms with Crippen LogP contribution in [0.4, 0.5) is 4.79 Å². The van der Waals surface area contributed by atoms with Crippen LogP contribution < -0.4 is 5.32 Å². The van der Waals surface area contributed by atoms with Crippen molar-refractivity contribution in [2.75, 3.05) is 39.3 Å². The van der Waals surface area contributed by atoms with Crippen LogP contribution in [-0.2, 0) is 9.53 Å². The van der Waals surface area contributed by atoms with E-state index in [1.54, 1.807) is 4.90 Å². The van der Waals surface area contributed by atoms with Gasteiger partial charge in [-0.3, -0.25) is 4.79 Å². The minimum atomic E-state index is -0.452. The van der Waals surface area contributed by atoms with Gasteiger partial charge in [0, 0.05) is 38.9 Å². The summed E-state index contributed by atoms with van der Waals surface area (Å²) < 4.78 is 5.38. The van der Waals surface area contributed by atoms with E-state index in [0.29, 0.717) is 6.54 Å². The summed E-state index contributed by atoms with van der Waals surface area (Å²) in [6.07, 6.45) is 1.55. The van der Waals surface area contributed by atoms with Crippen LogP contribution >= 0.6 is 0 Å². The smallest absolute Gasteiger partial charge is 0.410 e. The first-order chi connectivity index (χ1) is 13.2. The average Bonchev–Trinajstić information content (AvgIpc) is 2.58. The highest BCUT2D eigenvalue weighted by Crippen LogP contribution is 2.52. The molecule has 0 aromatic heterocycles. The Morgan fingerprint density at radius 3 is 2.04 bits per heavy atom. The topological polar surface area (TPSA) is 61.9 Å². The Morgan fingerprint density at radius 2 is 1.61 bits per heavy atom. The predicted octanol–water partition coefficient (Wildman–Crippen LogP) is 4.39. The lowest BCUT2D eigenvalue weighted by atomic mass is 9.57. The summed E-state index contributed by atoms with van der Waals surface area (Å²) in [5.74, 6) is 0.283. The molecule has 6 nitrogen and oxygen atoms in total. The van der Waals surface area contributed by atoms with Gasteiger partial charge in [-0.1, -0.05) is 41.5 Å². The van der Waals surface area contributed by atoms with Crippen LogP contribution in [0.2, 0.25) is 0 Å². The third-order valence-corrected chi connectivity index (χ3v) is 5.06. The fraction of sp³-hybridized carbons (Fsp3) is 0.909. The summed E-state index contributed by atoms with van der Waals surface area (Å²) in [7, 11) is 0. The second kappa shape index (κ2) is 12.3. The highest BCUT2D eigenvalue weighted by atomic mass is 16.6. The van der Waals surface area contributed by atoms with E-state index in [1.165, 1.54) is 0 Å². The van der Waals surface area contributed by atoms with Crippen LogP contribution in [0.3, 0.4) is 0 Å². The lowest BCUT2D eigenvalue weighted by Crippen LogP contribution is -2.65. The van der Waals surface area contributed by atoms with E-state index < -0.39 is 5.60 Å². The number of carbonyl (C=O) groups is 2. The molecule has 0 aromatic rings. The van der Waals surface area contributed by atoms with Gasteiger partial charge in [0.05, 0.1) is 0 Å². The predicted molar refractivity (Wildman–Crippen MR) is 119 cm³/mol. The van der Waals surface area contributed by atoms with Gasteiger partial charge in [0.15, 0.2) is 0 Å². The molecule has 1 aliphatic heterocycles. The SMILES string of the molecule is CC.CC.CCN(CC)CCNC(=O)C1CC2(C1)CN(C(=O)OC(C)(C)C)C2.[HH]. The van der Waals surface area contributed by atoms with Crippen molar-refractivity contribution in [1.29, 1.82) is 0 Å². The Kier molecular flexibility index (Phi) is 11.7. The molecule has 0 aromatic carbocycles. The third kappa shape index (κ3) is 7.98. The van der Waals surface area contributed by atoms with Gasteiger partial charge in [-0.2, -0.15) is 0 Å². The molecule has 0 radical (unpaired) electrons. The summed E-state index contributed by atoms with van der Waals surface area (Å²) in [6.45, 7) is 23.0. The molecule has 0 bridgehead atoms. The van der Waals surface area contributed by atoms with Crippen molar-refractivity contribution < 1.29 is 15.8 Å². The first kappa shape index (κ1) is 26.7. The molecular weight excluding hydrogens is 354 g/mol. The van der Waals surface area contributed by atoms with E-state index in [2.05, 4.69) is 24.1 Å². The van der Waals surface area contributed by atoms with Gasteiger partial charge in [-0.15, -0.1) is 0 Å². The van der Waals surface area contributed by atoms with E-state index in [9.17, 15) is 9.59 Å². The Hall–Kier alpha value is -1.30. The first-order valence-electron chi connectivity index (χ1n) is 11.2. The molecule has 1 aliphatic carbocycles. The number of nitrogens with one attached hydrogen (secondary N) is 1. The summed E-state index contributed by atoms with van der Waals surface area (Å²) in [5, 5.41) is 3.05. The lowest BCUT2D eigenvalue weighted by Gasteiger charge is -2.58. The zero-order chi connectivity index (χ0) is 22.0. The van der Waals surface area contributed by atoms with Gasteiger partial charge in [0.2, 0.25) is 5.91 Å². The van der Waals surface area contributed by atoms with Crippen molar-refractivity contribution in [2.24, 2.45) is 11.3 Å². The number of hydrogen-bond acceptors (Lipinski definition) is 4. The van der Waals surface area contributed by atoms with Crippen LogP contribution in [0.5, 0.6) is 0 Å². The fourth-order valence-electron chi connectivity index (χ4n) is 3.67. The first-order valence-corrected chi connectivity index (χ1v) is 11.2. The minimum absolute atomic E-state index is 0. The number of rotatable bonds is 6. The van der Waals surface area contributed by atoms with Crippen molar-refractivity contribution in [3.05, 3.63) is 0 Å². The van der Waals surface area contributed by atoms with Gasteiger partial charge in [-0.05, 0) is 46.7 Å². The number of nitrogens with zero attached hydrogens (tertiary/aromatic N) is 2. The second-order valence-corrected chi connectivity index (χ2v) is 8.26. The van der Waals surface area contributed by atoms with Gasteiger partial charge in [0.25, 0.3) is 0 Å². The fourth-order valence-corrected chi connectivity index (χ4v) is 3.67. The average molecular weight is 402 g/mol. The zero-order valence-electron chi connectivity index (χ0n) is 19.9. The molecule has 2 aliphatic rings. The van der Waals surface area contributed by atoms with Crippen LogP contribution in [0.25, 0.3) is 0 Å². The molecular formula is C22H47N3O3. The maximum atomic E-state index is 12.2. The largest absolute Gasteiger partial charge is 0.444 e. The van der Waals surface area contributed by atoms with E-state index in [4.69, 9.17) is 4.74 Å². The standard InChI is InChI=1S/C18H33N3O3.2C2H6.H2/c1-6-20(7-2)9-8-19-15(22)14-10-18(11-14)12-21(13-18)16(23)24-17(3,4)5;2*1-2;/h14H,6-13H2,1-5H3,(H,19,22);2*1-2H3;1H. The number of likely N-dealkylation sites (N-methyl/N-ethyl adjacent to an activating group) is 1. The Balaban J connectivity index is 0. The van der Waals surface area contributed by atoms with Gasteiger partial charge < -0.3 is 19.9 Å². The number of hydrogen-bond donors (Lipinski definition) is 1. The van der Waals surface area contributed by atoms with E-state index in [1.807, 2.05) is 48.5 Å². The molecule has 2 fully saturated rings. The second-order valence-electron chi connectivity index (χ2n) is 8.26. The maximum absolute atomic E-state index is 12.2. The van der Waals surface area contributed by atoms with Crippen molar-refractivity contribution in [3.8, 4) is 0 Å². The van der Waals surface area contributed by atoms with Crippen LogP contribution in [0.15, 0.2) is 0 Å². The summed E-state index contributed by atoms with van der Waals surface area (Å²) in [4.78, 5) is 28.2. The van der Waals surface area contributed by atoms with Crippen molar-refractivity contribution in [1.82, 2.24) is 15.1 Å².